The lowest BCUT2D eigenvalue weighted by atomic mass is 10.0. The largest absolute Gasteiger partial charge is 0.377 e. The summed E-state index contributed by atoms with van der Waals surface area (Å²) in [6.07, 6.45) is 1.01. The van der Waals surface area contributed by atoms with Crippen molar-refractivity contribution in [1.29, 1.82) is 0 Å². The average Bonchev–Trinajstić information content (AvgIpc) is 2.92. The van der Waals surface area contributed by atoms with E-state index < -0.39 is 0 Å². The van der Waals surface area contributed by atoms with Gasteiger partial charge in [-0.3, -0.25) is 0 Å². The van der Waals surface area contributed by atoms with E-state index >= 15 is 0 Å². The van der Waals surface area contributed by atoms with Crippen molar-refractivity contribution in [2.75, 3.05) is 5.32 Å². The van der Waals surface area contributed by atoms with E-state index in [0.29, 0.717) is 6.04 Å². The van der Waals surface area contributed by atoms with Crippen LogP contribution in [0.2, 0.25) is 5.02 Å². The number of nitrogens with one attached hydrogen (secondary N) is 1. The zero-order chi connectivity index (χ0) is 13.5. The Kier molecular flexibility index (Phi) is 2.68. The van der Waals surface area contributed by atoms with Crippen LogP contribution >= 0.6 is 11.6 Å². The van der Waals surface area contributed by atoms with Crippen LogP contribution in [0.1, 0.15) is 17.2 Å². The van der Waals surface area contributed by atoms with Gasteiger partial charge in [0.05, 0.1) is 6.04 Å². The number of hydrogen-bond acceptors (Lipinski definition) is 1. The van der Waals surface area contributed by atoms with Crippen molar-refractivity contribution in [3.63, 3.8) is 0 Å². The maximum atomic E-state index is 6.10. The van der Waals surface area contributed by atoms with Crippen LogP contribution in [0, 0.1) is 0 Å². The molecule has 0 spiro atoms. The lowest BCUT2D eigenvalue weighted by Gasteiger charge is -2.12. The molecule has 0 aromatic heterocycles. The quantitative estimate of drug-likeness (QED) is 0.645. The SMILES string of the molecule is Clc1cccc(C2Cc3ccc4ccccc4c3N2)c1. The monoisotopic (exact) mass is 279 g/mol. The van der Waals surface area contributed by atoms with Gasteiger partial charge in [-0.15, -0.1) is 0 Å². The van der Waals surface area contributed by atoms with E-state index in [9.17, 15) is 0 Å². The summed E-state index contributed by atoms with van der Waals surface area (Å²) >= 11 is 6.10. The summed E-state index contributed by atoms with van der Waals surface area (Å²) in [5.41, 5.74) is 3.90. The molecule has 1 unspecified atom stereocenters. The van der Waals surface area contributed by atoms with E-state index in [1.54, 1.807) is 0 Å². The van der Waals surface area contributed by atoms with Gasteiger partial charge in [0.1, 0.15) is 0 Å². The second-order valence-electron chi connectivity index (χ2n) is 5.28. The average molecular weight is 280 g/mol. The normalized spacial score (nSPS) is 16.9. The van der Waals surface area contributed by atoms with Crippen LogP contribution < -0.4 is 5.32 Å². The van der Waals surface area contributed by atoms with Gasteiger partial charge in [0, 0.05) is 16.1 Å². The molecule has 0 radical (unpaired) electrons. The van der Waals surface area contributed by atoms with E-state index in [4.69, 9.17) is 11.6 Å². The molecule has 1 heterocycles. The molecule has 1 atom stereocenters. The Hall–Kier alpha value is -1.99. The molecule has 0 amide bonds. The Bertz CT molecular complexity index is 794. The molecular weight excluding hydrogens is 266 g/mol. The van der Waals surface area contributed by atoms with E-state index in [0.717, 1.165) is 11.4 Å². The molecule has 0 aliphatic carbocycles. The zero-order valence-corrected chi connectivity index (χ0v) is 11.7. The predicted octanol–water partition coefficient (Wildman–Crippen LogP) is 5.20. The fraction of sp³-hybridized carbons (Fsp3) is 0.111. The van der Waals surface area contributed by atoms with Gasteiger partial charge in [-0.25, -0.2) is 0 Å². The summed E-state index contributed by atoms with van der Waals surface area (Å²) in [4.78, 5) is 0. The van der Waals surface area contributed by atoms with Gasteiger partial charge >= 0.3 is 0 Å². The second-order valence-corrected chi connectivity index (χ2v) is 5.71. The number of halogens is 1. The highest BCUT2D eigenvalue weighted by Gasteiger charge is 2.23. The highest BCUT2D eigenvalue weighted by molar-refractivity contribution is 6.30. The summed E-state index contributed by atoms with van der Waals surface area (Å²) in [5.74, 6) is 0. The molecule has 0 saturated heterocycles. The van der Waals surface area contributed by atoms with Crippen LogP contribution in [0.3, 0.4) is 0 Å². The van der Waals surface area contributed by atoms with E-state index in [1.807, 2.05) is 18.2 Å². The summed E-state index contributed by atoms with van der Waals surface area (Å²) in [5, 5.41) is 7.04. The van der Waals surface area contributed by atoms with Gasteiger partial charge < -0.3 is 5.32 Å². The van der Waals surface area contributed by atoms with E-state index in [1.165, 1.54) is 27.6 Å². The lowest BCUT2D eigenvalue weighted by molar-refractivity contribution is 0.824. The van der Waals surface area contributed by atoms with Crippen molar-refractivity contribution in [1.82, 2.24) is 0 Å². The molecular formula is C18H14ClN. The van der Waals surface area contributed by atoms with Crippen LogP contribution in [0.15, 0.2) is 60.7 Å². The van der Waals surface area contributed by atoms with Crippen molar-refractivity contribution >= 4 is 28.1 Å². The van der Waals surface area contributed by atoms with Gasteiger partial charge in [-0.1, -0.05) is 60.1 Å². The van der Waals surface area contributed by atoms with Crippen LogP contribution in [0.25, 0.3) is 10.8 Å². The Morgan fingerprint density at radius 1 is 0.950 bits per heavy atom. The molecule has 20 heavy (non-hydrogen) atoms. The molecule has 1 nitrogen and oxygen atoms in total. The highest BCUT2D eigenvalue weighted by atomic mass is 35.5. The van der Waals surface area contributed by atoms with Gasteiger partial charge in [0.15, 0.2) is 0 Å². The van der Waals surface area contributed by atoms with Crippen molar-refractivity contribution in [2.24, 2.45) is 0 Å². The minimum absolute atomic E-state index is 0.314. The van der Waals surface area contributed by atoms with Crippen LogP contribution in [0.5, 0.6) is 0 Å². The minimum Gasteiger partial charge on any atom is -0.377 e. The van der Waals surface area contributed by atoms with Gasteiger partial charge in [0.25, 0.3) is 0 Å². The van der Waals surface area contributed by atoms with E-state index in [2.05, 4.69) is 47.8 Å². The first-order valence-corrected chi connectivity index (χ1v) is 7.22. The van der Waals surface area contributed by atoms with Crippen molar-refractivity contribution in [3.05, 3.63) is 76.8 Å². The number of anilines is 1. The Labute approximate surface area is 123 Å². The molecule has 98 valence electrons. The first kappa shape index (κ1) is 11.8. The topological polar surface area (TPSA) is 12.0 Å². The van der Waals surface area contributed by atoms with Gasteiger partial charge in [-0.05, 0) is 35.1 Å². The van der Waals surface area contributed by atoms with Crippen molar-refractivity contribution < 1.29 is 0 Å². The molecule has 3 aromatic carbocycles. The highest BCUT2D eigenvalue weighted by Crippen LogP contribution is 2.39. The van der Waals surface area contributed by atoms with Crippen molar-refractivity contribution in [2.45, 2.75) is 12.5 Å². The first-order chi connectivity index (χ1) is 9.81. The number of hydrogen-bond donors (Lipinski definition) is 1. The van der Waals surface area contributed by atoms with Crippen molar-refractivity contribution in [3.8, 4) is 0 Å². The Balaban J connectivity index is 1.78. The third-order valence-electron chi connectivity index (χ3n) is 4.01. The first-order valence-electron chi connectivity index (χ1n) is 6.84. The molecule has 1 aliphatic heterocycles. The molecule has 0 bridgehead atoms. The molecule has 1 N–H and O–H groups in total. The maximum Gasteiger partial charge on any atom is 0.0555 e. The summed E-state index contributed by atoms with van der Waals surface area (Å²) < 4.78 is 0. The predicted molar refractivity (Wildman–Crippen MR) is 85.5 cm³/mol. The summed E-state index contributed by atoms with van der Waals surface area (Å²) in [6, 6.07) is 21.4. The minimum atomic E-state index is 0.314. The third kappa shape index (κ3) is 1.86. The second kappa shape index (κ2) is 4.53. The summed E-state index contributed by atoms with van der Waals surface area (Å²) in [7, 11) is 0. The van der Waals surface area contributed by atoms with Crippen LogP contribution in [-0.2, 0) is 6.42 Å². The summed E-state index contributed by atoms with van der Waals surface area (Å²) in [6.45, 7) is 0. The van der Waals surface area contributed by atoms with Crippen LogP contribution in [0.4, 0.5) is 5.69 Å². The maximum absolute atomic E-state index is 6.10. The molecule has 3 aromatic rings. The lowest BCUT2D eigenvalue weighted by Crippen LogP contribution is -2.05. The Morgan fingerprint density at radius 3 is 2.75 bits per heavy atom. The standard InChI is InChI=1S/C18H14ClN/c19-15-6-3-5-13(10-15)17-11-14-9-8-12-4-1-2-7-16(12)18(14)20-17/h1-10,17,20H,11H2. The number of rotatable bonds is 1. The van der Waals surface area contributed by atoms with E-state index in [-0.39, 0.29) is 0 Å². The molecule has 1 aliphatic rings. The Morgan fingerprint density at radius 2 is 1.85 bits per heavy atom. The van der Waals surface area contributed by atoms with Gasteiger partial charge in [0.2, 0.25) is 0 Å². The molecule has 0 saturated carbocycles. The fourth-order valence-electron chi connectivity index (χ4n) is 3.03. The number of benzene rings is 3. The smallest absolute Gasteiger partial charge is 0.0555 e. The fourth-order valence-corrected chi connectivity index (χ4v) is 3.23. The third-order valence-corrected chi connectivity index (χ3v) is 4.24. The van der Waals surface area contributed by atoms with Crippen LogP contribution in [-0.4, -0.2) is 0 Å². The molecule has 2 heteroatoms. The molecule has 4 rings (SSSR count). The number of fused-ring (bicyclic) bond motifs is 3. The van der Waals surface area contributed by atoms with Gasteiger partial charge in [-0.2, -0.15) is 0 Å². The zero-order valence-electron chi connectivity index (χ0n) is 10.9. The molecule has 0 fully saturated rings.